The van der Waals surface area contributed by atoms with Gasteiger partial charge >= 0.3 is 7.12 Å². The Bertz CT molecular complexity index is 2120. The summed E-state index contributed by atoms with van der Waals surface area (Å²) < 4.78 is 21.4. The molecule has 3 heterocycles. The van der Waals surface area contributed by atoms with Gasteiger partial charge in [-0.15, -0.1) is 0 Å². The second kappa shape index (κ2) is 8.59. The molecule has 41 heavy (non-hydrogen) atoms. The maximum Gasteiger partial charge on any atom is 0.494 e. The number of hydrogen-bond acceptors (Lipinski definition) is 3. The predicted molar refractivity (Wildman–Crippen MR) is 169 cm³/mol. The van der Waals surface area contributed by atoms with Crippen LogP contribution in [0.2, 0.25) is 0 Å². The summed E-state index contributed by atoms with van der Waals surface area (Å²) in [6.45, 7) is 8.38. The summed E-state index contributed by atoms with van der Waals surface area (Å²) in [4.78, 5) is 0. The Morgan fingerprint density at radius 2 is 1.20 bits per heavy atom. The first-order valence-corrected chi connectivity index (χ1v) is 14.2. The van der Waals surface area contributed by atoms with E-state index in [-0.39, 0.29) is 0 Å². The molecule has 0 aliphatic carbocycles. The Labute approximate surface area is 239 Å². The molecule has 5 heteroatoms. The largest absolute Gasteiger partial charge is 0.494 e. The van der Waals surface area contributed by atoms with Crippen LogP contribution < -0.4 is 5.46 Å². The minimum atomic E-state index is -0.419. The zero-order chi connectivity index (χ0) is 27.9. The maximum absolute atomic E-state index is 6.41. The van der Waals surface area contributed by atoms with Crippen LogP contribution in [-0.2, 0) is 9.31 Å². The van der Waals surface area contributed by atoms with E-state index >= 15 is 0 Å². The monoisotopic (exact) mass is 535 g/mol. The van der Waals surface area contributed by atoms with Gasteiger partial charge in [0, 0.05) is 27.2 Å². The molecular formula is C36H30BNO3. The molecule has 0 N–H and O–H groups in total. The Kier molecular flexibility index (Phi) is 5.13. The van der Waals surface area contributed by atoms with Crippen molar-refractivity contribution in [2.45, 2.75) is 38.9 Å². The van der Waals surface area contributed by atoms with Crippen LogP contribution in [0.15, 0.2) is 114 Å². The fourth-order valence-corrected chi connectivity index (χ4v) is 6.12. The highest BCUT2D eigenvalue weighted by Crippen LogP contribution is 2.38. The summed E-state index contributed by atoms with van der Waals surface area (Å²) in [5.74, 6) is 0. The lowest BCUT2D eigenvalue weighted by Gasteiger charge is -2.32. The predicted octanol–water partition coefficient (Wildman–Crippen LogP) is 8.65. The molecule has 1 aliphatic heterocycles. The highest BCUT2D eigenvalue weighted by atomic mass is 16.7. The number of fused-ring (bicyclic) bond motifs is 6. The van der Waals surface area contributed by atoms with Crippen molar-refractivity contribution in [1.82, 2.24) is 4.57 Å². The van der Waals surface area contributed by atoms with Gasteiger partial charge in [-0.05, 0) is 86.7 Å². The fraction of sp³-hybridized carbons (Fsp3) is 0.167. The van der Waals surface area contributed by atoms with Crippen molar-refractivity contribution in [2.75, 3.05) is 0 Å². The molecule has 4 nitrogen and oxygen atoms in total. The maximum atomic E-state index is 6.41. The molecule has 5 aromatic carbocycles. The lowest BCUT2D eigenvalue weighted by atomic mass is 9.79. The number of furan rings is 1. The molecule has 0 amide bonds. The van der Waals surface area contributed by atoms with E-state index in [0.29, 0.717) is 0 Å². The first-order valence-electron chi connectivity index (χ1n) is 14.2. The molecule has 1 saturated heterocycles. The molecule has 1 fully saturated rings. The second-order valence-corrected chi connectivity index (χ2v) is 12.1. The summed E-state index contributed by atoms with van der Waals surface area (Å²) in [7, 11) is -0.419. The molecule has 0 unspecified atom stereocenters. The summed E-state index contributed by atoms with van der Waals surface area (Å²) in [6.07, 6.45) is 0. The van der Waals surface area contributed by atoms with E-state index in [4.69, 9.17) is 13.7 Å². The number of para-hydroxylation sites is 2. The summed E-state index contributed by atoms with van der Waals surface area (Å²) >= 11 is 0. The third kappa shape index (κ3) is 3.69. The van der Waals surface area contributed by atoms with Crippen molar-refractivity contribution >= 4 is 56.3 Å². The standard InChI is InChI=1S/C36H30BNO3/c1-35(2)36(3,4)41-37(40-35)25-17-19-28-27-12-5-7-14-31(27)38(32(28)22-25)26-11-9-10-23(20-26)24-16-18-30-29-13-6-8-15-33(29)39-34(30)21-24/h5-22H,1-4H3. The van der Waals surface area contributed by atoms with Crippen LogP contribution in [0.1, 0.15) is 27.7 Å². The van der Waals surface area contributed by atoms with Gasteiger partial charge in [0.2, 0.25) is 0 Å². The first kappa shape index (κ1) is 24.5. The Morgan fingerprint density at radius 3 is 2.02 bits per heavy atom. The van der Waals surface area contributed by atoms with Crippen LogP contribution in [0.4, 0.5) is 0 Å². The van der Waals surface area contributed by atoms with E-state index in [2.05, 4.69) is 129 Å². The smallest absolute Gasteiger partial charge is 0.456 e. The fourth-order valence-electron chi connectivity index (χ4n) is 6.12. The van der Waals surface area contributed by atoms with Gasteiger partial charge in [0.1, 0.15) is 11.2 Å². The molecule has 200 valence electrons. The van der Waals surface area contributed by atoms with Crippen LogP contribution in [0, 0.1) is 0 Å². The highest BCUT2D eigenvalue weighted by Gasteiger charge is 2.51. The van der Waals surface area contributed by atoms with Gasteiger partial charge < -0.3 is 18.3 Å². The minimum absolute atomic E-state index is 0.394. The zero-order valence-electron chi connectivity index (χ0n) is 23.6. The summed E-state index contributed by atoms with van der Waals surface area (Å²) in [6, 6.07) is 38.6. The highest BCUT2D eigenvalue weighted by molar-refractivity contribution is 6.62. The lowest BCUT2D eigenvalue weighted by molar-refractivity contribution is 0.00578. The Balaban J connectivity index is 1.28. The van der Waals surface area contributed by atoms with Gasteiger partial charge in [-0.3, -0.25) is 0 Å². The second-order valence-electron chi connectivity index (χ2n) is 12.1. The number of aromatic nitrogens is 1. The van der Waals surface area contributed by atoms with Crippen molar-refractivity contribution < 1.29 is 13.7 Å². The SMILES string of the molecule is CC1(C)OB(c2ccc3c4ccccc4n(-c4cccc(-c5ccc6c(c5)oc5ccccc56)c4)c3c2)OC1(C)C. The van der Waals surface area contributed by atoms with E-state index in [1.165, 1.54) is 16.3 Å². The normalized spacial score (nSPS) is 16.4. The van der Waals surface area contributed by atoms with Gasteiger partial charge in [0.15, 0.2) is 0 Å². The topological polar surface area (TPSA) is 36.5 Å². The van der Waals surface area contributed by atoms with Gasteiger partial charge in [-0.2, -0.15) is 0 Å². The number of hydrogen-bond donors (Lipinski definition) is 0. The molecule has 0 spiro atoms. The molecule has 7 aromatic rings. The molecule has 2 aromatic heterocycles. The summed E-state index contributed by atoms with van der Waals surface area (Å²) in [5.41, 5.74) is 7.70. The van der Waals surface area contributed by atoms with E-state index in [0.717, 1.165) is 49.7 Å². The van der Waals surface area contributed by atoms with E-state index in [9.17, 15) is 0 Å². The van der Waals surface area contributed by atoms with Crippen molar-refractivity contribution in [3.05, 3.63) is 109 Å². The van der Waals surface area contributed by atoms with Crippen LogP contribution in [0.3, 0.4) is 0 Å². The van der Waals surface area contributed by atoms with Gasteiger partial charge in [-0.1, -0.05) is 66.7 Å². The lowest BCUT2D eigenvalue weighted by Crippen LogP contribution is -2.41. The van der Waals surface area contributed by atoms with Crippen LogP contribution >= 0.6 is 0 Å². The molecule has 0 atom stereocenters. The Morgan fingerprint density at radius 1 is 0.537 bits per heavy atom. The van der Waals surface area contributed by atoms with E-state index in [1.807, 2.05) is 12.1 Å². The first-order chi connectivity index (χ1) is 19.8. The number of rotatable bonds is 3. The van der Waals surface area contributed by atoms with Crippen molar-refractivity contribution in [3.8, 4) is 16.8 Å². The number of benzene rings is 5. The van der Waals surface area contributed by atoms with Gasteiger partial charge in [-0.25, -0.2) is 0 Å². The van der Waals surface area contributed by atoms with E-state index < -0.39 is 18.3 Å². The molecule has 0 radical (unpaired) electrons. The van der Waals surface area contributed by atoms with E-state index in [1.54, 1.807) is 0 Å². The van der Waals surface area contributed by atoms with Crippen molar-refractivity contribution in [1.29, 1.82) is 0 Å². The van der Waals surface area contributed by atoms with Crippen molar-refractivity contribution in [2.24, 2.45) is 0 Å². The van der Waals surface area contributed by atoms with Gasteiger partial charge in [0.25, 0.3) is 0 Å². The van der Waals surface area contributed by atoms with Crippen molar-refractivity contribution in [3.63, 3.8) is 0 Å². The third-order valence-electron chi connectivity index (χ3n) is 9.04. The summed E-state index contributed by atoms with van der Waals surface area (Å²) in [5, 5.41) is 4.70. The average Bonchev–Trinajstić information content (AvgIpc) is 3.58. The Hall–Kier alpha value is -4.32. The van der Waals surface area contributed by atoms with Crippen LogP contribution in [0.25, 0.3) is 60.6 Å². The minimum Gasteiger partial charge on any atom is -0.456 e. The van der Waals surface area contributed by atoms with Gasteiger partial charge in [0.05, 0.1) is 22.2 Å². The number of nitrogens with zero attached hydrogens (tertiary/aromatic N) is 1. The quantitative estimate of drug-likeness (QED) is 0.213. The molecule has 1 aliphatic rings. The van der Waals surface area contributed by atoms with Crippen LogP contribution in [-0.4, -0.2) is 22.9 Å². The zero-order valence-corrected chi connectivity index (χ0v) is 23.6. The molecule has 0 bridgehead atoms. The third-order valence-corrected chi connectivity index (χ3v) is 9.04. The molecule has 0 saturated carbocycles. The molecular weight excluding hydrogens is 505 g/mol. The average molecular weight is 535 g/mol. The van der Waals surface area contributed by atoms with Crippen LogP contribution in [0.5, 0.6) is 0 Å². The molecule has 8 rings (SSSR count).